The third-order valence-electron chi connectivity index (χ3n) is 5.24. The largest absolute Gasteiger partial charge is 0.489 e. The van der Waals surface area contributed by atoms with Crippen LogP contribution >= 0.6 is 24.0 Å². The Kier molecular flexibility index (Phi) is 8.10. The van der Waals surface area contributed by atoms with E-state index in [9.17, 15) is 9.59 Å². The Labute approximate surface area is 198 Å². The van der Waals surface area contributed by atoms with Gasteiger partial charge in [0.2, 0.25) is 0 Å². The highest BCUT2D eigenvalue weighted by Crippen LogP contribution is 2.33. The van der Waals surface area contributed by atoms with E-state index < -0.39 is 0 Å². The van der Waals surface area contributed by atoms with Crippen LogP contribution in [-0.4, -0.2) is 34.2 Å². The number of carbonyl (C=O) groups excluding carboxylic acids is 2. The molecule has 7 heteroatoms. The van der Waals surface area contributed by atoms with Crippen molar-refractivity contribution in [1.82, 2.24) is 4.90 Å². The van der Waals surface area contributed by atoms with Gasteiger partial charge < -0.3 is 9.47 Å². The summed E-state index contributed by atoms with van der Waals surface area (Å²) in [5.74, 6) is 0.244. The van der Waals surface area contributed by atoms with Crippen LogP contribution in [0.1, 0.15) is 41.2 Å². The van der Waals surface area contributed by atoms with Crippen LogP contribution in [0.2, 0.25) is 0 Å². The summed E-state index contributed by atoms with van der Waals surface area (Å²) in [6, 6.07) is 12.0. The fourth-order valence-corrected chi connectivity index (χ4v) is 4.59. The van der Waals surface area contributed by atoms with Gasteiger partial charge in [-0.3, -0.25) is 14.5 Å². The van der Waals surface area contributed by atoms with Gasteiger partial charge in [0.25, 0.3) is 5.91 Å². The topological polar surface area (TPSA) is 55.8 Å². The average Bonchev–Trinajstić information content (AvgIpc) is 3.02. The lowest BCUT2D eigenvalue weighted by atomic mass is 10.0. The van der Waals surface area contributed by atoms with Gasteiger partial charge in [-0.25, -0.2) is 0 Å². The number of hydrogen-bond donors (Lipinski definition) is 0. The number of thioether (sulfide) groups is 1. The van der Waals surface area contributed by atoms with Crippen LogP contribution in [0.5, 0.6) is 5.75 Å². The molecule has 0 atom stereocenters. The molecule has 2 aromatic rings. The third kappa shape index (κ3) is 5.99. The van der Waals surface area contributed by atoms with Gasteiger partial charge >= 0.3 is 5.97 Å². The lowest BCUT2D eigenvalue weighted by molar-refractivity contribution is -0.143. The van der Waals surface area contributed by atoms with Gasteiger partial charge in [0.05, 0.1) is 17.9 Å². The zero-order chi connectivity index (χ0) is 23.3. The van der Waals surface area contributed by atoms with E-state index in [0.717, 1.165) is 11.3 Å². The molecule has 0 N–H and O–H groups in total. The molecule has 0 radical (unpaired) electrons. The van der Waals surface area contributed by atoms with Gasteiger partial charge in [-0.15, -0.1) is 0 Å². The number of carbonyl (C=O) groups is 2. The molecule has 3 rings (SSSR count). The van der Waals surface area contributed by atoms with Crippen LogP contribution in [0, 0.1) is 20.8 Å². The lowest BCUT2D eigenvalue weighted by Crippen LogP contribution is -2.30. The molecule has 168 valence electrons. The third-order valence-corrected chi connectivity index (χ3v) is 6.62. The molecule has 1 fully saturated rings. The van der Waals surface area contributed by atoms with Crippen molar-refractivity contribution in [2.45, 2.75) is 40.7 Å². The average molecular weight is 470 g/mol. The highest BCUT2D eigenvalue weighted by atomic mass is 32.2. The quantitative estimate of drug-likeness (QED) is 0.295. The van der Waals surface area contributed by atoms with Crippen LogP contribution in [0.25, 0.3) is 6.08 Å². The number of esters is 1. The van der Waals surface area contributed by atoms with Gasteiger partial charge in [0, 0.05) is 6.54 Å². The van der Waals surface area contributed by atoms with Crippen molar-refractivity contribution in [1.29, 1.82) is 0 Å². The predicted molar refractivity (Wildman–Crippen MR) is 133 cm³/mol. The molecule has 1 heterocycles. The summed E-state index contributed by atoms with van der Waals surface area (Å²) >= 11 is 6.55. The molecule has 0 spiro atoms. The van der Waals surface area contributed by atoms with Crippen molar-refractivity contribution in [2.75, 3.05) is 13.2 Å². The van der Waals surface area contributed by atoms with Crippen LogP contribution in [0.4, 0.5) is 0 Å². The van der Waals surface area contributed by atoms with E-state index >= 15 is 0 Å². The predicted octanol–water partition coefficient (Wildman–Crippen LogP) is 5.35. The van der Waals surface area contributed by atoms with Crippen LogP contribution < -0.4 is 4.74 Å². The number of thiocarbonyl (C=S) groups is 1. The molecule has 0 saturated carbocycles. The summed E-state index contributed by atoms with van der Waals surface area (Å²) in [7, 11) is 0. The molecule has 1 saturated heterocycles. The first-order chi connectivity index (χ1) is 15.3. The minimum absolute atomic E-state index is 0.125. The summed E-state index contributed by atoms with van der Waals surface area (Å²) in [6.45, 7) is 9.11. The van der Waals surface area contributed by atoms with Crippen molar-refractivity contribution in [3.8, 4) is 5.75 Å². The van der Waals surface area contributed by atoms with E-state index in [1.54, 1.807) is 13.0 Å². The summed E-state index contributed by atoms with van der Waals surface area (Å²) in [5, 5.41) is 0. The first kappa shape index (κ1) is 24.0. The Morgan fingerprint density at radius 3 is 2.47 bits per heavy atom. The molecule has 0 unspecified atom stereocenters. The highest BCUT2D eigenvalue weighted by molar-refractivity contribution is 8.26. The number of benzene rings is 2. The molecule has 1 amide bonds. The van der Waals surface area contributed by atoms with Gasteiger partial charge in [-0.1, -0.05) is 48.2 Å². The standard InChI is InChI=1S/C25H27NO4S2/c1-5-29-23(27)10-11-26-24(28)22(32-25(26)31)14-19-6-8-21(9-7-19)30-15-20-13-17(3)16(2)12-18(20)4/h6-9,12-14H,5,10-11,15H2,1-4H3/b22-14+. The smallest absolute Gasteiger partial charge is 0.307 e. The second kappa shape index (κ2) is 10.8. The number of nitrogens with zero attached hydrogens (tertiary/aromatic N) is 1. The number of hydrogen-bond acceptors (Lipinski definition) is 6. The minimum atomic E-state index is -0.336. The van der Waals surface area contributed by atoms with E-state index in [1.807, 2.05) is 24.3 Å². The zero-order valence-electron chi connectivity index (χ0n) is 18.8. The zero-order valence-corrected chi connectivity index (χ0v) is 20.4. The Hall–Kier alpha value is -2.64. The Morgan fingerprint density at radius 1 is 1.09 bits per heavy atom. The Balaban J connectivity index is 1.61. The molecule has 1 aliphatic rings. The molecule has 0 aliphatic carbocycles. The SMILES string of the molecule is CCOC(=O)CCN1C(=O)/C(=C\c2ccc(OCc3cc(C)c(C)cc3C)cc2)SC1=S. The molecule has 32 heavy (non-hydrogen) atoms. The minimum Gasteiger partial charge on any atom is -0.489 e. The molecular formula is C25H27NO4S2. The summed E-state index contributed by atoms with van der Waals surface area (Å²) in [6.07, 6.45) is 1.93. The maximum absolute atomic E-state index is 12.7. The van der Waals surface area contributed by atoms with E-state index in [4.69, 9.17) is 21.7 Å². The summed E-state index contributed by atoms with van der Waals surface area (Å²) in [5.41, 5.74) is 5.80. The van der Waals surface area contributed by atoms with Crippen LogP contribution in [-0.2, 0) is 20.9 Å². The van der Waals surface area contributed by atoms with Crippen molar-refractivity contribution >= 4 is 46.3 Å². The van der Waals surface area contributed by atoms with Gasteiger partial charge in [0.1, 0.15) is 16.7 Å². The Bertz CT molecular complexity index is 1060. The maximum Gasteiger partial charge on any atom is 0.307 e. The molecular weight excluding hydrogens is 442 g/mol. The number of ether oxygens (including phenoxy) is 2. The lowest BCUT2D eigenvalue weighted by Gasteiger charge is -2.13. The number of rotatable bonds is 8. The summed E-state index contributed by atoms with van der Waals surface area (Å²) < 4.78 is 11.3. The van der Waals surface area contributed by atoms with Gasteiger partial charge in [-0.2, -0.15) is 0 Å². The Morgan fingerprint density at radius 2 is 1.78 bits per heavy atom. The molecule has 2 aromatic carbocycles. The second-order valence-corrected chi connectivity index (χ2v) is 9.28. The molecule has 5 nitrogen and oxygen atoms in total. The number of aryl methyl sites for hydroxylation is 3. The van der Waals surface area contributed by atoms with Crippen molar-refractivity contribution in [3.63, 3.8) is 0 Å². The fourth-order valence-electron chi connectivity index (χ4n) is 3.28. The van der Waals surface area contributed by atoms with Crippen molar-refractivity contribution in [3.05, 3.63) is 69.1 Å². The first-order valence-corrected chi connectivity index (χ1v) is 11.7. The second-order valence-electron chi connectivity index (χ2n) is 7.61. The van der Waals surface area contributed by atoms with Crippen molar-refractivity contribution < 1.29 is 19.1 Å². The molecule has 0 bridgehead atoms. The maximum atomic E-state index is 12.7. The molecule has 1 aliphatic heterocycles. The van der Waals surface area contributed by atoms with Crippen LogP contribution in [0.3, 0.4) is 0 Å². The van der Waals surface area contributed by atoms with Gasteiger partial charge in [0.15, 0.2) is 0 Å². The van der Waals surface area contributed by atoms with Gasteiger partial charge in [-0.05, 0) is 73.7 Å². The summed E-state index contributed by atoms with van der Waals surface area (Å²) in [4.78, 5) is 26.2. The van der Waals surface area contributed by atoms with E-state index in [-0.39, 0.29) is 24.8 Å². The van der Waals surface area contributed by atoms with E-state index in [1.165, 1.54) is 38.9 Å². The first-order valence-electron chi connectivity index (χ1n) is 10.5. The van der Waals surface area contributed by atoms with E-state index in [2.05, 4.69) is 32.9 Å². The monoisotopic (exact) mass is 469 g/mol. The normalized spacial score (nSPS) is 14.9. The van der Waals surface area contributed by atoms with Crippen LogP contribution in [0.15, 0.2) is 41.3 Å². The highest BCUT2D eigenvalue weighted by Gasteiger charge is 2.32. The molecule has 0 aromatic heterocycles. The fraction of sp³-hybridized carbons (Fsp3) is 0.320. The van der Waals surface area contributed by atoms with E-state index in [0.29, 0.717) is 22.4 Å². The number of amides is 1. The van der Waals surface area contributed by atoms with Crippen molar-refractivity contribution in [2.24, 2.45) is 0 Å².